The number of rotatable bonds is 4. The van der Waals surface area contributed by atoms with Crippen molar-refractivity contribution in [2.45, 2.75) is 63.8 Å². The van der Waals surface area contributed by atoms with E-state index < -0.39 is 0 Å². The minimum atomic E-state index is 0.0985. The third kappa shape index (κ3) is 2.95. The molecule has 1 unspecified atom stereocenters. The molecule has 1 saturated carbocycles. The van der Waals surface area contributed by atoms with Crippen molar-refractivity contribution in [1.82, 2.24) is 0 Å². The summed E-state index contributed by atoms with van der Waals surface area (Å²) in [5.41, 5.74) is 8.23. The van der Waals surface area contributed by atoms with Gasteiger partial charge in [-0.15, -0.1) is 0 Å². The second-order valence-electron chi connectivity index (χ2n) is 6.11. The van der Waals surface area contributed by atoms with E-state index in [1.54, 1.807) is 0 Å². The molecule has 0 heterocycles. The fourth-order valence-electron chi connectivity index (χ4n) is 3.43. The molecule has 1 atom stereocenters. The molecule has 1 aliphatic carbocycles. The van der Waals surface area contributed by atoms with Gasteiger partial charge in [-0.3, -0.25) is 0 Å². The Morgan fingerprint density at radius 2 is 1.83 bits per heavy atom. The third-order valence-corrected chi connectivity index (χ3v) is 4.89. The van der Waals surface area contributed by atoms with E-state index in [0.717, 1.165) is 5.92 Å². The Morgan fingerprint density at radius 3 is 2.39 bits per heavy atom. The summed E-state index contributed by atoms with van der Waals surface area (Å²) in [4.78, 5) is 0. The smallest absolute Gasteiger partial charge is 0.0180 e. The predicted octanol–water partition coefficient (Wildman–Crippen LogP) is 4.48. The maximum atomic E-state index is 6.63. The summed E-state index contributed by atoms with van der Waals surface area (Å²) in [7, 11) is 0. The molecule has 1 fully saturated rings. The van der Waals surface area contributed by atoms with Crippen LogP contribution in [-0.4, -0.2) is 5.54 Å². The van der Waals surface area contributed by atoms with Gasteiger partial charge < -0.3 is 5.73 Å². The lowest BCUT2D eigenvalue weighted by atomic mass is 9.68. The van der Waals surface area contributed by atoms with Crippen LogP contribution in [0.2, 0.25) is 0 Å². The van der Waals surface area contributed by atoms with E-state index >= 15 is 0 Å². The van der Waals surface area contributed by atoms with Gasteiger partial charge >= 0.3 is 0 Å². The van der Waals surface area contributed by atoms with Crippen LogP contribution in [0, 0.1) is 5.92 Å². The average Bonchev–Trinajstić information content (AvgIpc) is 2.41. The Morgan fingerprint density at radius 1 is 1.22 bits per heavy atom. The van der Waals surface area contributed by atoms with E-state index in [9.17, 15) is 0 Å². The maximum absolute atomic E-state index is 6.63. The minimum absolute atomic E-state index is 0.0985. The van der Waals surface area contributed by atoms with Crippen molar-refractivity contribution >= 4 is 0 Å². The monoisotopic (exact) mass is 245 g/mol. The molecule has 0 radical (unpaired) electrons. The van der Waals surface area contributed by atoms with Gasteiger partial charge in [0.15, 0.2) is 0 Å². The van der Waals surface area contributed by atoms with Crippen LogP contribution >= 0.6 is 0 Å². The van der Waals surface area contributed by atoms with Gasteiger partial charge in [0.25, 0.3) is 0 Å². The largest absolute Gasteiger partial charge is 0.325 e. The zero-order valence-corrected chi connectivity index (χ0v) is 11.9. The molecule has 1 aromatic rings. The molecule has 0 saturated heterocycles. The zero-order chi connectivity index (χ0) is 13.0. The molecule has 0 spiro atoms. The van der Waals surface area contributed by atoms with Crippen LogP contribution in [0.5, 0.6) is 0 Å². The fraction of sp³-hybridized carbons (Fsp3) is 0.647. The topological polar surface area (TPSA) is 26.0 Å². The van der Waals surface area contributed by atoms with Gasteiger partial charge in [0.1, 0.15) is 0 Å². The predicted molar refractivity (Wildman–Crippen MR) is 78.6 cm³/mol. The first kappa shape index (κ1) is 13.6. The van der Waals surface area contributed by atoms with E-state index in [-0.39, 0.29) is 5.54 Å². The Kier molecular flexibility index (Phi) is 4.45. The van der Waals surface area contributed by atoms with Crippen LogP contribution in [0.4, 0.5) is 0 Å². The average molecular weight is 245 g/mol. The van der Waals surface area contributed by atoms with Crippen LogP contribution in [-0.2, 0) is 0 Å². The quantitative estimate of drug-likeness (QED) is 0.831. The van der Waals surface area contributed by atoms with Gasteiger partial charge in [-0.1, -0.05) is 50.6 Å². The number of hydrogen-bond acceptors (Lipinski definition) is 1. The second-order valence-corrected chi connectivity index (χ2v) is 6.11. The van der Waals surface area contributed by atoms with Crippen molar-refractivity contribution in [3.05, 3.63) is 35.9 Å². The van der Waals surface area contributed by atoms with Crippen molar-refractivity contribution in [3.8, 4) is 0 Å². The van der Waals surface area contributed by atoms with Crippen molar-refractivity contribution in [2.75, 3.05) is 0 Å². The van der Waals surface area contributed by atoms with Gasteiger partial charge in [0.2, 0.25) is 0 Å². The molecule has 1 nitrogen and oxygen atoms in total. The molecule has 2 rings (SSSR count). The lowest BCUT2D eigenvalue weighted by molar-refractivity contribution is 0.186. The summed E-state index contributed by atoms with van der Waals surface area (Å²) < 4.78 is 0. The molecular weight excluding hydrogens is 218 g/mol. The standard InChI is InChI=1S/C17H27N/c1-3-7-14(2)17(18)12-10-16(11-13-17)15-8-5-4-6-9-15/h4-6,8-9,14,16H,3,7,10-13,18H2,1-2H3. The highest BCUT2D eigenvalue weighted by Gasteiger charge is 2.35. The first-order chi connectivity index (χ1) is 8.65. The summed E-state index contributed by atoms with van der Waals surface area (Å²) in [5, 5.41) is 0. The van der Waals surface area contributed by atoms with Crippen LogP contribution in [0.25, 0.3) is 0 Å². The van der Waals surface area contributed by atoms with E-state index in [2.05, 4.69) is 44.2 Å². The van der Waals surface area contributed by atoms with E-state index in [1.807, 2.05) is 0 Å². The Labute approximate surface area is 112 Å². The lowest BCUT2D eigenvalue weighted by Gasteiger charge is -2.42. The van der Waals surface area contributed by atoms with Crippen molar-refractivity contribution in [3.63, 3.8) is 0 Å². The van der Waals surface area contributed by atoms with E-state index in [1.165, 1.54) is 44.1 Å². The Hall–Kier alpha value is -0.820. The summed E-state index contributed by atoms with van der Waals surface area (Å²) >= 11 is 0. The van der Waals surface area contributed by atoms with Gasteiger partial charge in [-0.2, -0.15) is 0 Å². The van der Waals surface area contributed by atoms with Crippen LogP contribution in [0.15, 0.2) is 30.3 Å². The summed E-state index contributed by atoms with van der Waals surface area (Å²) in [6.07, 6.45) is 7.42. The van der Waals surface area contributed by atoms with E-state index in [0.29, 0.717) is 5.92 Å². The molecule has 0 aromatic heterocycles. The van der Waals surface area contributed by atoms with Gasteiger partial charge in [-0.05, 0) is 49.5 Å². The first-order valence-electron chi connectivity index (χ1n) is 7.49. The molecule has 1 aromatic carbocycles. The molecule has 2 N–H and O–H groups in total. The summed E-state index contributed by atoms with van der Waals surface area (Å²) in [5.74, 6) is 1.40. The van der Waals surface area contributed by atoms with Crippen molar-refractivity contribution in [2.24, 2.45) is 11.7 Å². The third-order valence-electron chi connectivity index (χ3n) is 4.89. The second kappa shape index (κ2) is 5.88. The van der Waals surface area contributed by atoms with Gasteiger partial charge in [0, 0.05) is 5.54 Å². The Balaban J connectivity index is 1.95. The number of nitrogens with two attached hydrogens (primary N) is 1. The van der Waals surface area contributed by atoms with Crippen molar-refractivity contribution in [1.29, 1.82) is 0 Å². The van der Waals surface area contributed by atoms with Crippen molar-refractivity contribution < 1.29 is 0 Å². The van der Waals surface area contributed by atoms with E-state index in [4.69, 9.17) is 5.73 Å². The van der Waals surface area contributed by atoms with Crippen LogP contribution < -0.4 is 5.73 Å². The van der Waals surface area contributed by atoms with Crippen LogP contribution in [0.1, 0.15) is 63.9 Å². The van der Waals surface area contributed by atoms with Crippen LogP contribution in [0.3, 0.4) is 0 Å². The number of benzene rings is 1. The molecule has 1 heteroatoms. The maximum Gasteiger partial charge on any atom is 0.0180 e. The normalized spacial score (nSPS) is 30.1. The SMILES string of the molecule is CCCC(C)C1(N)CCC(c2ccccc2)CC1. The molecule has 1 aliphatic rings. The molecular formula is C17H27N. The summed E-state index contributed by atoms with van der Waals surface area (Å²) in [6.45, 7) is 4.60. The first-order valence-corrected chi connectivity index (χ1v) is 7.49. The molecule has 100 valence electrons. The summed E-state index contributed by atoms with van der Waals surface area (Å²) in [6, 6.07) is 10.9. The minimum Gasteiger partial charge on any atom is -0.325 e. The molecule has 0 bridgehead atoms. The van der Waals surface area contributed by atoms with Gasteiger partial charge in [-0.25, -0.2) is 0 Å². The highest BCUT2D eigenvalue weighted by molar-refractivity contribution is 5.20. The fourth-order valence-corrected chi connectivity index (χ4v) is 3.43. The highest BCUT2D eigenvalue weighted by atomic mass is 14.8. The zero-order valence-electron chi connectivity index (χ0n) is 11.9. The highest BCUT2D eigenvalue weighted by Crippen LogP contribution is 2.41. The molecule has 18 heavy (non-hydrogen) atoms. The molecule has 0 amide bonds. The Bertz CT molecular complexity index is 349. The number of hydrogen-bond donors (Lipinski definition) is 1. The van der Waals surface area contributed by atoms with Gasteiger partial charge in [0.05, 0.1) is 0 Å². The molecule has 0 aliphatic heterocycles. The lowest BCUT2D eigenvalue weighted by Crippen LogP contribution is -2.48.